The zero-order chi connectivity index (χ0) is 23.7. The van der Waals surface area contributed by atoms with E-state index >= 15 is 0 Å². The molecule has 0 aliphatic heterocycles. The van der Waals surface area contributed by atoms with Crippen LogP contribution >= 0.6 is 11.8 Å². The van der Waals surface area contributed by atoms with Crippen LogP contribution in [0, 0.1) is 20.8 Å². The lowest BCUT2D eigenvalue weighted by molar-refractivity contribution is -0.139. The number of rotatable bonds is 11. The van der Waals surface area contributed by atoms with E-state index in [2.05, 4.69) is 37.4 Å². The lowest BCUT2D eigenvalue weighted by atomic mass is 10.1. The Morgan fingerprint density at radius 1 is 0.906 bits per heavy atom. The number of nitrogens with zero attached hydrogens (tertiary/aromatic N) is 1. The molecule has 2 atom stereocenters. The van der Waals surface area contributed by atoms with E-state index < -0.39 is 6.04 Å². The fraction of sp³-hybridized carbons (Fsp3) is 0.481. The van der Waals surface area contributed by atoms with Crippen molar-refractivity contribution in [3.8, 4) is 0 Å². The summed E-state index contributed by atoms with van der Waals surface area (Å²) in [6.45, 7) is 12.7. The van der Waals surface area contributed by atoms with Gasteiger partial charge in [0.25, 0.3) is 0 Å². The molecule has 0 aromatic heterocycles. The summed E-state index contributed by atoms with van der Waals surface area (Å²) >= 11 is 1.61. The van der Waals surface area contributed by atoms with Crippen LogP contribution < -0.4 is 5.32 Å². The largest absolute Gasteiger partial charge is 0.352 e. The molecule has 5 heteroatoms. The summed E-state index contributed by atoms with van der Waals surface area (Å²) in [5, 5.41) is 3.07. The van der Waals surface area contributed by atoms with E-state index in [0.29, 0.717) is 18.7 Å². The van der Waals surface area contributed by atoms with Crippen molar-refractivity contribution < 1.29 is 9.59 Å². The van der Waals surface area contributed by atoms with Gasteiger partial charge >= 0.3 is 0 Å². The van der Waals surface area contributed by atoms with Gasteiger partial charge in [0.2, 0.25) is 11.8 Å². The van der Waals surface area contributed by atoms with E-state index in [1.54, 1.807) is 16.7 Å². The number of amides is 2. The van der Waals surface area contributed by atoms with E-state index in [1.165, 1.54) is 22.3 Å². The first-order valence-corrected chi connectivity index (χ1v) is 12.7. The Bertz CT molecular complexity index is 875. The third kappa shape index (κ3) is 8.01. The molecular formula is C27H38N2O2S. The number of carbonyl (C=O) groups excluding carboxylic acids is 2. The van der Waals surface area contributed by atoms with Gasteiger partial charge in [-0.2, -0.15) is 0 Å². The van der Waals surface area contributed by atoms with Gasteiger partial charge in [-0.15, -0.1) is 11.8 Å². The van der Waals surface area contributed by atoms with Crippen molar-refractivity contribution in [3.05, 3.63) is 70.3 Å². The van der Waals surface area contributed by atoms with Gasteiger partial charge in [-0.1, -0.05) is 73.0 Å². The van der Waals surface area contributed by atoms with Gasteiger partial charge in [0.15, 0.2) is 0 Å². The van der Waals surface area contributed by atoms with Crippen molar-refractivity contribution >= 4 is 23.6 Å². The predicted octanol–water partition coefficient (Wildman–Crippen LogP) is 5.57. The smallest absolute Gasteiger partial charge is 0.243 e. The lowest BCUT2D eigenvalue weighted by Gasteiger charge is -2.31. The van der Waals surface area contributed by atoms with Crippen LogP contribution in [0.4, 0.5) is 0 Å². The Morgan fingerprint density at radius 2 is 1.53 bits per heavy atom. The summed E-state index contributed by atoms with van der Waals surface area (Å²) in [7, 11) is 0. The van der Waals surface area contributed by atoms with Crippen molar-refractivity contribution in [1.29, 1.82) is 0 Å². The maximum Gasteiger partial charge on any atom is 0.243 e. The van der Waals surface area contributed by atoms with E-state index in [0.717, 1.165) is 17.7 Å². The standard InChI is InChI=1S/C27H38N2O2S/c1-7-22(6)28-27(31)25(8-2)29(16-23-11-9-19(3)10-12-23)26(30)18-32-17-24-14-20(4)13-21(5)15-24/h9-15,22,25H,7-8,16-18H2,1-6H3,(H,28,31)/t22-,25+/m0/s1. The fourth-order valence-corrected chi connectivity index (χ4v) is 4.59. The average Bonchev–Trinajstić information content (AvgIpc) is 2.74. The third-order valence-electron chi connectivity index (χ3n) is 5.64. The van der Waals surface area contributed by atoms with Gasteiger partial charge in [0.05, 0.1) is 5.75 Å². The molecule has 0 aliphatic rings. The monoisotopic (exact) mass is 454 g/mol. The molecule has 0 unspecified atom stereocenters. The van der Waals surface area contributed by atoms with Gasteiger partial charge < -0.3 is 10.2 Å². The summed E-state index contributed by atoms with van der Waals surface area (Å²) < 4.78 is 0. The molecular weight excluding hydrogens is 416 g/mol. The van der Waals surface area contributed by atoms with E-state index in [4.69, 9.17) is 0 Å². The molecule has 0 fully saturated rings. The van der Waals surface area contributed by atoms with Crippen LogP contribution in [0.1, 0.15) is 61.4 Å². The number of hydrogen-bond acceptors (Lipinski definition) is 3. The lowest BCUT2D eigenvalue weighted by Crippen LogP contribution is -2.51. The molecule has 2 aromatic rings. The summed E-state index contributed by atoms with van der Waals surface area (Å²) in [6.07, 6.45) is 1.45. The van der Waals surface area contributed by atoms with Gasteiger partial charge in [0, 0.05) is 18.3 Å². The molecule has 0 heterocycles. The number of nitrogens with one attached hydrogen (secondary N) is 1. The zero-order valence-corrected chi connectivity index (χ0v) is 21.2. The molecule has 2 rings (SSSR count). The maximum absolute atomic E-state index is 13.3. The van der Waals surface area contributed by atoms with Crippen molar-refractivity contribution in [2.45, 2.75) is 78.8 Å². The quantitative estimate of drug-likeness (QED) is 0.483. The molecule has 0 bridgehead atoms. The minimum Gasteiger partial charge on any atom is -0.352 e. The highest BCUT2D eigenvalue weighted by Gasteiger charge is 2.29. The van der Waals surface area contributed by atoms with Crippen molar-refractivity contribution in [3.63, 3.8) is 0 Å². The van der Waals surface area contributed by atoms with E-state index in [9.17, 15) is 9.59 Å². The molecule has 0 spiro atoms. The molecule has 2 amide bonds. The first-order chi connectivity index (χ1) is 15.2. The van der Waals surface area contributed by atoms with E-state index in [1.807, 2.05) is 52.0 Å². The van der Waals surface area contributed by atoms with Gasteiger partial charge in [-0.3, -0.25) is 9.59 Å². The highest BCUT2D eigenvalue weighted by molar-refractivity contribution is 7.99. The molecule has 174 valence electrons. The van der Waals surface area contributed by atoms with Crippen LogP contribution in [0.15, 0.2) is 42.5 Å². The van der Waals surface area contributed by atoms with Crippen LogP contribution in [-0.4, -0.2) is 34.6 Å². The Labute approximate surface area is 198 Å². The second kappa shape index (κ2) is 12.7. The van der Waals surface area contributed by atoms with E-state index in [-0.39, 0.29) is 17.9 Å². The van der Waals surface area contributed by atoms with Gasteiger partial charge in [0.1, 0.15) is 6.04 Å². The second-order valence-corrected chi connectivity index (χ2v) is 9.72. The Kier molecular flexibility index (Phi) is 10.3. The number of hydrogen-bond donors (Lipinski definition) is 1. The van der Waals surface area contributed by atoms with Gasteiger partial charge in [-0.05, 0) is 51.7 Å². The predicted molar refractivity (Wildman–Crippen MR) is 136 cm³/mol. The molecule has 0 aliphatic carbocycles. The minimum absolute atomic E-state index is 0.00565. The van der Waals surface area contributed by atoms with Crippen LogP contribution in [0.3, 0.4) is 0 Å². The highest BCUT2D eigenvalue weighted by Crippen LogP contribution is 2.19. The maximum atomic E-state index is 13.3. The first kappa shape index (κ1) is 26.0. The molecule has 0 radical (unpaired) electrons. The van der Waals surface area contributed by atoms with Crippen LogP contribution in [0.25, 0.3) is 0 Å². The molecule has 0 saturated heterocycles. The Hall–Kier alpha value is -2.27. The molecule has 4 nitrogen and oxygen atoms in total. The van der Waals surface area contributed by atoms with Gasteiger partial charge in [-0.25, -0.2) is 0 Å². The normalized spacial score (nSPS) is 12.8. The summed E-state index contributed by atoms with van der Waals surface area (Å²) in [6, 6.07) is 14.3. The summed E-state index contributed by atoms with van der Waals surface area (Å²) in [4.78, 5) is 28.1. The Balaban J connectivity index is 2.14. The molecule has 2 aromatic carbocycles. The van der Waals surface area contributed by atoms with Crippen molar-refractivity contribution in [2.24, 2.45) is 0 Å². The SMILES string of the molecule is CC[C@H](C(=O)N[C@@H](C)CC)N(Cc1ccc(C)cc1)C(=O)CSCc1cc(C)cc(C)c1. The average molecular weight is 455 g/mol. The number of aryl methyl sites for hydroxylation is 3. The zero-order valence-electron chi connectivity index (χ0n) is 20.4. The number of thioether (sulfide) groups is 1. The van der Waals surface area contributed by atoms with Crippen molar-refractivity contribution in [2.75, 3.05) is 5.75 Å². The Morgan fingerprint density at radius 3 is 2.09 bits per heavy atom. The fourth-order valence-electron chi connectivity index (χ4n) is 3.74. The molecule has 0 saturated carbocycles. The second-order valence-electron chi connectivity index (χ2n) is 8.74. The number of benzene rings is 2. The van der Waals surface area contributed by atoms with Crippen LogP contribution in [-0.2, 0) is 21.9 Å². The highest BCUT2D eigenvalue weighted by atomic mass is 32.2. The van der Waals surface area contributed by atoms with Crippen molar-refractivity contribution in [1.82, 2.24) is 10.2 Å². The number of carbonyl (C=O) groups is 2. The topological polar surface area (TPSA) is 49.4 Å². The third-order valence-corrected chi connectivity index (χ3v) is 6.62. The van der Waals surface area contributed by atoms with Crippen LogP contribution in [0.5, 0.6) is 0 Å². The minimum atomic E-state index is -0.473. The molecule has 32 heavy (non-hydrogen) atoms. The first-order valence-electron chi connectivity index (χ1n) is 11.5. The molecule has 1 N–H and O–H groups in total. The summed E-state index contributed by atoms with van der Waals surface area (Å²) in [5.41, 5.74) is 5.92. The van der Waals surface area contributed by atoms with Crippen LogP contribution in [0.2, 0.25) is 0 Å². The summed E-state index contributed by atoms with van der Waals surface area (Å²) in [5.74, 6) is 1.07.